The number of benzene rings is 2. The summed E-state index contributed by atoms with van der Waals surface area (Å²) in [5.41, 5.74) is 1.22. The number of rotatable bonds is 7. The first-order chi connectivity index (χ1) is 11.2. The van der Waals surface area contributed by atoms with Gasteiger partial charge in [-0.3, -0.25) is 4.90 Å². The lowest BCUT2D eigenvalue weighted by Gasteiger charge is -2.20. The van der Waals surface area contributed by atoms with E-state index in [0.717, 1.165) is 41.8 Å². The van der Waals surface area contributed by atoms with Crippen LogP contribution in [0.25, 0.3) is 0 Å². The van der Waals surface area contributed by atoms with Crippen LogP contribution in [-0.4, -0.2) is 30.5 Å². The van der Waals surface area contributed by atoms with Crippen LogP contribution in [0.5, 0.6) is 11.5 Å². The molecule has 122 valence electrons. The van der Waals surface area contributed by atoms with Crippen LogP contribution >= 0.6 is 11.8 Å². The summed E-state index contributed by atoms with van der Waals surface area (Å²) in [6.07, 6.45) is 0. The molecule has 0 bridgehead atoms. The summed E-state index contributed by atoms with van der Waals surface area (Å²) >= 11 is 1.75. The lowest BCUT2D eigenvalue weighted by atomic mass is 10.2. The van der Waals surface area contributed by atoms with Crippen LogP contribution in [0.15, 0.2) is 47.4 Å². The van der Waals surface area contributed by atoms with Crippen LogP contribution in [0.4, 0.5) is 4.39 Å². The van der Waals surface area contributed by atoms with Crippen LogP contribution in [0.1, 0.15) is 12.5 Å². The summed E-state index contributed by atoms with van der Waals surface area (Å²) in [6, 6.07) is 12.8. The Labute approximate surface area is 140 Å². The molecule has 3 nitrogen and oxygen atoms in total. The summed E-state index contributed by atoms with van der Waals surface area (Å²) in [4.78, 5) is 3.49. The number of ether oxygens (including phenoxy) is 2. The van der Waals surface area contributed by atoms with E-state index in [0.29, 0.717) is 6.79 Å². The zero-order chi connectivity index (χ0) is 16.1. The van der Waals surface area contributed by atoms with Gasteiger partial charge in [0.15, 0.2) is 11.5 Å². The quantitative estimate of drug-likeness (QED) is 0.709. The summed E-state index contributed by atoms with van der Waals surface area (Å²) in [7, 11) is 0. The number of halogens is 1. The van der Waals surface area contributed by atoms with E-state index in [2.05, 4.69) is 24.0 Å². The topological polar surface area (TPSA) is 21.7 Å². The SMILES string of the molecule is CCN(CCSc1ccc(F)cc1)Cc1ccc2c(c1)OCO2. The first kappa shape index (κ1) is 16.1. The lowest BCUT2D eigenvalue weighted by molar-refractivity contribution is 0.174. The normalized spacial score (nSPS) is 12.8. The van der Waals surface area contributed by atoms with Crippen molar-refractivity contribution in [1.29, 1.82) is 0 Å². The molecule has 0 amide bonds. The van der Waals surface area contributed by atoms with Gasteiger partial charge in [-0.05, 0) is 48.5 Å². The van der Waals surface area contributed by atoms with Crippen molar-refractivity contribution in [2.24, 2.45) is 0 Å². The molecule has 23 heavy (non-hydrogen) atoms. The molecule has 0 unspecified atom stereocenters. The van der Waals surface area contributed by atoms with Crippen molar-refractivity contribution in [2.45, 2.75) is 18.4 Å². The van der Waals surface area contributed by atoms with Crippen molar-refractivity contribution >= 4 is 11.8 Å². The molecule has 1 heterocycles. The van der Waals surface area contributed by atoms with Gasteiger partial charge in [0.05, 0.1) is 0 Å². The van der Waals surface area contributed by atoms with Crippen LogP contribution in [0.2, 0.25) is 0 Å². The molecule has 0 atom stereocenters. The molecule has 1 aliphatic rings. The minimum atomic E-state index is -0.188. The van der Waals surface area contributed by atoms with Gasteiger partial charge in [-0.1, -0.05) is 13.0 Å². The third-order valence-electron chi connectivity index (χ3n) is 3.78. The molecule has 3 rings (SSSR count). The molecule has 0 N–H and O–H groups in total. The predicted molar refractivity (Wildman–Crippen MR) is 90.6 cm³/mol. The zero-order valence-corrected chi connectivity index (χ0v) is 13.9. The van der Waals surface area contributed by atoms with Crippen molar-refractivity contribution in [2.75, 3.05) is 25.6 Å². The van der Waals surface area contributed by atoms with Gasteiger partial charge in [-0.2, -0.15) is 0 Å². The predicted octanol–water partition coefficient (Wildman–Crippen LogP) is 4.17. The minimum Gasteiger partial charge on any atom is -0.454 e. The molecule has 2 aromatic carbocycles. The fraction of sp³-hybridized carbons (Fsp3) is 0.333. The Kier molecular flexibility index (Phi) is 5.41. The van der Waals surface area contributed by atoms with Crippen LogP contribution in [0, 0.1) is 5.82 Å². The van der Waals surface area contributed by atoms with Crippen LogP contribution < -0.4 is 9.47 Å². The summed E-state index contributed by atoms with van der Waals surface area (Å²) in [5.74, 6) is 2.44. The van der Waals surface area contributed by atoms with E-state index in [1.165, 1.54) is 17.7 Å². The molecule has 0 saturated heterocycles. The number of thioether (sulfide) groups is 1. The molecular weight excluding hydrogens is 313 g/mol. The Morgan fingerprint density at radius 3 is 2.65 bits per heavy atom. The van der Waals surface area contributed by atoms with Gasteiger partial charge in [0.25, 0.3) is 0 Å². The minimum absolute atomic E-state index is 0.188. The average molecular weight is 333 g/mol. The molecule has 0 saturated carbocycles. The molecule has 0 spiro atoms. The van der Waals surface area contributed by atoms with Crippen molar-refractivity contribution in [3.8, 4) is 11.5 Å². The van der Waals surface area contributed by atoms with Crippen LogP contribution in [0.3, 0.4) is 0 Å². The van der Waals surface area contributed by atoms with Crippen molar-refractivity contribution < 1.29 is 13.9 Å². The van der Waals surface area contributed by atoms with Crippen LogP contribution in [-0.2, 0) is 6.54 Å². The molecule has 0 aliphatic carbocycles. The van der Waals surface area contributed by atoms with E-state index in [1.807, 2.05) is 18.2 Å². The second-order valence-electron chi connectivity index (χ2n) is 5.36. The monoisotopic (exact) mass is 333 g/mol. The second kappa shape index (κ2) is 7.70. The van der Waals surface area contributed by atoms with Gasteiger partial charge in [0.2, 0.25) is 6.79 Å². The molecule has 0 radical (unpaired) electrons. The first-order valence-electron chi connectivity index (χ1n) is 7.74. The van der Waals surface area contributed by atoms with Gasteiger partial charge in [0, 0.05) is 23.7 Å². The summed E-state index contributed by atoms with van der Waals surface area (Å²) in [5, 5.41) is 0. The Bertz CT molecular complexity index is 648. The number of fused-ring (bicyclic) bond motifs is 1. The Balaban J connectivity index is 1.50. The lowest BCUT2D eigenvalue weighted by Crippen LogP contribution is -2.25. The summed E-state index contributed by atoms with van der Waals surface area (Å²) in [6.45, 7) is 5.32. The van der Waals surface area contributed by atoms with Gasteiger partial charge in [-0.25, -0.2) is 4.39 Å². The van der Waals surface area contributed by atoms with Crippen molar-refractivity contribution in [1.82, 2.24) is 4.90 Å². The maximum Gasteiger partial charge on any atom is 0.231 e. The van der Waals surface area contributed by atoms with E-state index < -0.39 is 0 Å². The zero-order valence-electron chi connectivity index (χ0n) is 13.1. The fourth-order valence-electron chi connectivity index (χ4n) is 2.47. The van der Waals surface area contributed by atoms with E-state index in [4.69, 9.17) is 9.47 Å². The molecule has 2 aromatic rings. The average Bonchev–Trinajstić information content (AvgIpc) is 3.03. The Morgan fingerprint density at radius 1 is 1.09 bits per heavy atom. The molecular formula is C18H20FNO2S. The number of hydrogen-bond donors (Lipinski definition) is 0. The maximum atomic E-state index is 12.9. The second-order valence-corrected chi connectivity index (χ2v) is 6.53. The molecule has 5 heteroatoms. The highest BCUT2D eigenvalue weighted by Gasteiger charge is 2.14. The van der Waals surface area contributed by atoms with Gasteiger partial charge in [0.1, 0.15) is 5.82 Å². The highest BCUT2D eigenvalue weighted by atomic mass is 32.2. The summed E-state index contributed by atoms with van der Waals surface area (Å²) < 4.78 is 23.7. The molecule has 1 aliphatic heterocycles. The molecule has 0 fully saturated rings. The van der Waals surface area contributed by atoms with E-state index in [-0.39, 0.29) is 5.82 Å². The maximum absolute atomic E-state index is 12.9. The van der Waals surface area contributed by atoms with Gasteiger partial charge in [-0.15, -0.1) is 11.8 Å². The van der Waals surface area contributed by atoms with Gasteiger partial charge >= 0.3 is 0 Å². The molecule has 0 aromatic heterocycles. The van der Waals surface area contributed by atoms with Gasteiger partial charge < -0.3 is 9.47 Å². The van der Waals surface area contributed by atoms with E-state index in [1.54, 1.807) is 11.8 Å². The van der Waals surface area contributed by atoms with Crippen molar-refractivity contribution in [3.05, 3.63) is 53.8 Å². The third-order valence-corrected chi connectivity index (χ3v) is 4.77. The Morgan fingerprint density at radius 2 is 1.87 bits per heavy atom. The smallest absolute Gasteiger partial charge is 0.231 e. The first-order valence-corrected chi connectivity index (χ1v) is 8.72. The van der Waals surface area contributed by atoms with Crippen molar-refractivity contribution in [3.63, 3.8) is 0 Å². The standard InChI is InChI=1S/C18H20FNO2S/c1-2-20(9-10-23-16-6-4-15(19)5-7-16)12-14-3-8-17-18(11-14)22-13-21-17/h3-8,11H,2,9-10,12-13H2,1H3. The number of hydrogen-bond acceptors (Lipinski definition) is 4. The fourth-order valence-corrected chi connectivity index (χ4v) is 3.38. The highest BCUT2D eigenvalue weighted by molar-refractivity contribution is 7.99. The van der Waals surface area contributed by atoms with E-state index >= 15 is 0 Å². The largest absolute Gasteiger partial charge is 0.454 e. The number of nitrogens with zero attached hydrogens (tertiary/aromatic N) is 1. The Hall–Kier alpha value is -1.72. The van der Waals surface area contributed by atoms with E-state index in [9.17, 15) is 4.39 Å². The third kappa shape index (κ3) is 4.39. The highest BCUT2D eigenvalue weighted by Crippen LogP contribution is 2.32.